The van der Waals surface area contributed by atoms with E-state index in [1.54, 1.807) is 7.05 Å². The van der Waals surface area contributed by atoms with Gasteiger partial charge in [0.1, 0.15) is 0 Å². The molecule has 1 aromatic heterocycles. The maximum Gasteiger partial charge on any atom is 0.255 e. The normalized spacial score (nSPS) is 19.0. The molecule has 1 aromatic rings. The second-order valence-corrected chi connectivity index (χ2v) is 7.91. The van der Waals surface area contributed by atoms with E-state index in [9.17, 15) is 18.0 Å². The summed E-state index contributed by atoms with van der Waals surface area (Å²) in [7, 11) is 0.0263. The Balaban J connectivity index is 2.07. The molecule has 8 nitrogen and oxygen atoms in total. The van der Waals surface area contributed by atoms with Crippen molar-refractivity contribution in [2.75, 3.05) is 38.8 Å². The number of amides is 2. The van der Waals surface area contributed by atoms with Crippen LogP contribution in [0, 0.1) is 0 Å². The van der Waals surface area contributed by atoms with E-state index in [2.05, 4.69) is 10.3 Å². The van der Waals surface area contributed by atoms with Gasteiger partial charge in [-0.3, -0.25) is 14.6 Å². The molecular weight excluding hydrogens is 334 g/mol. The van der Waals surface area contributed by atoms with E-state index in [0.717, 1.165) is 0 Å². The lowest BCUT2D eigenvalue weighted by atomic mass is 10.1. The molecule has 0 spiro atoms. The van der Waals surface area contributed by atoms with Gasteiger partial charge in [-0.25, -0.2) is 8.42 Å². The Morgan fingerprint density at radius 3 is 2.71 bits per heavy atom. The SMILES string of the molecule is COCCNC(=O)c1cncc(C(=O)N(C)C2CCS(=O)(=O)C2)c1. The van der Waals surface area contributed by atoms with Crippen LogP contribution in [0.4, 0.5) is 0 Å². The second kappa shape index (κ2) is 7.71. The number of carbonyl (C=O) groups excluding carboxylic acids is 2. The summed E-state index contributed by atoms with van der Waals surface area (Å²) in [5.41, 5.74) is 0.519. The first-order valence-corrected chi connectivity index (χ1v) is 9.36. The Morgan fingerprint density at radius 2 is 2.08 bits per heavy atom. The Morgan fingerprint density at radius 1 is 1.38 bits per heavy atom. The summed E-state index contributed by atoms with van der Waals surface area (Å²) in [6.07, 6.45) is 3.17. The topological polar surface area (TPSA) is 106 Å². The molecule has 2 rings (SSSR count). The maximum atomic E-state index is 12.5. The van der Waals surface area contributed by atoms with Gasteiger partial charge in [-0.05, 0) is 12.5 Å². The minimum Gasteiger partial charge on any atom is -0.383 e. The minimum atomic E-state index is -3.08. The average Bonchev–Trinajstić information content (AvgIpc) is 2.93. The molecule has 0 bridgehead atoms. The van der Waals surface area contributed by atoms with Crippen molar-refractivity contribution < 1.29 is 22.7 Å². The lowest BCUT2D eigenvalue weighted by molar-refractivity contribution is 0.0747. The second-order valence-electron chi connectivity index (χ2n) is 5.68. The first-order chi connectivity index (χ1) is 11.3. The molecule has 1 aliphatic rings. The molecule has 0 aromatic carbocycles. The van der Waals surface area contributed by atoms with Crippen LogP contribution in [0.1, 0.15) is 27.1 Å². The van der Waals surface area contributed by atoms with E-state index in [1.165, 1.54) is 30.5 Å². The summed E-state index contributed by atoms with van der Waals surface area (Å²) in [5.74, 6) is -0.633. The smallest absolute Gasteiger partial charge is 0.255 e. The number of hydrogen-bond acceptors (Lipinski definition) is 6. The van der Waals surface area contributed by atoms with Crippen molar-refractivity contribution in [2.45, 2.75) is 12.5 Å². The van der Waals surface area contributed by atoms with Crippen molar-refractivity contribution in [3.8, 4) is 0 Å². The van der Waals surface area contributed by atoms with Crippen molar-refractivity contribution in [3.63, 3.8) is 0 Å². The van der Waals surface area contributed by atoms with Gasteiger partial charge in [0.25, 0.3) is 11.8 Å². The van der Waals surface area contributed by atoms with Gasteiger partial charge in [0.15, 0.2) is 9.84 Å². The fraction of sp³-hybridized carbons (Fsp3) is 0.533. The number of nitrogens with zero attached hydrogens (tertiary/aromatic N) is 2. The van der Waals surface area contributed by atoms with Crippen molar-refractivity contribution in [2.24, 2.45) is 0 Å². The molecule has 132 valence electrons. The number of pyridine rings is 1. The third-order valence-corrected chi connectivity index (χ3v) is 5.67. The fourth-order valence-corrected chi connectivity index (χ4v) is 4.27. The lowest BCUT2D eigenvalue weighted by Gasteiger charge is -2.23. The monoisotopic (exact) mass is 355 g/mol. The van der Waals surface area contributed by atoms with E-state index < -0.39 is 9.84 Å². The predicted octanol–water partition coefficient (Wildman–Crippen LogP) is -0.283. The third-order valence-electron chi connectivity index (χ3n) is 3.92. The standard InChI is InChI=1S/C15H21N3O5S/c1-18(13-3-6-24(21,22)10-13)15(20)12-7-11(8-16-9-12)14(19)17-4-5-23-2/h7-9,13H,3-6,10H2,1-2H3,(H,17,19). The summed E-state index contributed by atoms with van der Waals surface area (Å²) in [5, 5.41) is 2.65. The van der Waals surface area contributed by atoms with Crippen LogP contribution in [0.5, 0.6) is 0 Å². The van der Waals surface area contributed by atoms with Crippen molar-refractivity contribution in [3.05, 3.63) is 29.6 Å². The van der Waals surface area contributed by atoms with Crippen LogP contribution in [0.2, 0.25) is 0 Å². The van der Waals surface area contributed by atoms with E-state index >= 15 is 0 Å². The number of methoxy groups -OCH3 is 1. The number of hydrogen-bond donors (Lipinski definition) is 1. The largest absolute Gasteiger partial charge is 0.383 e. The van der Waals surface area contributed by atoms with Gasteiger partial charge < -0.3 is 15.0 Å². The van der Waals surface area contributed by atoms with Crippen molar-refractivity contribution in [1.29, 1.82) is 0 Å². The Hall–Kier alpha value is -2.00. The molecule has 2 heterocycles. The zero-order chi connectivity index (χ0) is 17.7. The van der Waals surface area contributed by atoms with Gasteiger partial charge in [-0.1, -0.05) is 0 Å². The quantitative estimate of drug-likeness (QED) is 0.704. The van der Waals surface area contributed by atoms with Crippen molar-refractivity contribution >= 4 is 21.7 Å². The van der Waals surface area contributed by atoms with Crippen LogP contribution in [0.25, 0.3) is 0 Å². The number of nitrogens with one attached hydrogen (secondary N) is 1. The summed E-state index contributed by atoms with van der Waals surface area (Å²) < 4.78 is 28.0. The maximum absolute atomic E-state index is 12.5. The molecule has 0 saturated carbocycles. The van der Waals surface area contributed by atoms with Gasteiger partial charge in [0.2, 0.25) is 0 Å². The Kier molecular flexibility index (Phi) is 5.89. The highest BCUT2D eigenvalue weighted by molar-refractivity contribution is 7.91. The zero-order valence-corrected chi connectivity index (χ0v) is 14.5. The number of rotatable bonds is 6. The van der Waals surface area contributed by atoms with Gasteiger partial charge >= 0.3 is 0 Å². The van der Waals surface area contributed by atoms with Crippen LogP contribution < -0.4 is 5.32 Å². The van der Waals surface area contributed by atoms with Crippen LogP contribution in [-0.4, -0.2) is 75.0 Å². The third kappa shape index (κ3) is 4.51. The lowest BCUT2D eigenvalue weighted by Crippen LogP contribution is -2.38. The molecule has 9 heteroatoms. The molecule has 0 aliphatic carbocycles. The molecule has 1 saturated heterocycles. The van der Waals surface area contributed by atoms with Gasteiger partial charge in [-0.15, -0.1) is 0 Å². The Bertz CT molecular complexity index is 720. The summed E-state index contributed by atoms with van der Waals surface area (Å²) >= 11 is 0. The predicted molar refractivity (Wildman–Crippen MR) is 87.6 cm³/mol. The van der Waals surface area contributed by atoms with Gasteiger partial charge in [-0.2, -0.15) is 0 Å². The molecule has 0 radical (unpaired) electrons. The van der Waals surface area contributed by atoms with Crippen LogP contribution in [-0.2, 0) is 14.6 Å². The first kappa shape index (κ1) is 18.3. The van der Waals surface area contributed by atoms with E-state index in [0.29, 0.717) is 19.6 Å². The molecule has 1 N–H and O–H groups in total. The minimum absolute atomic E-state index is 0.0279. The summed E-state index contributed by atoms with van der Waals surface area (Å²) in [4.78, 5) is 29.9. The molecule has 1 unspecified atom stereocenters. The van der Waals surface area contributed by atoms with Crippen LogP contribution >= 0.6 is 0 Å². The molecule has 1 aliphatic heterocycles. The number of ether oxygens (including phenoxy) is 1. The summed E-state index contributed by atoms with van der Waals surface area (Å²) in [6, 6.07) is 1.11. The van der Waals surface area contributed by atoms with Crippen molar-refractivity contribution in [1.82, 2.24) is 15.2 Å². The number of aromatic nitrogens is 1. The Labute approximate surface area is 141 Å². The van der Waals surface area contributed by atoms with E-state index in [4.69, 9.17) is 4.74 Å². The molecular formula is C15H21N3O5S. The number of carbonyl (C=O) groups is 2. The van der Waals surface area contributed by atoms with Crippen LogP contribution in [0.15, 0.2) is 18.5 Å². The molecule has 1 fully saturated rings. The van der Waals surface area contributed by atoms with E-state index in [1.807, 2.05) is 0 Å². The van der Waals surface area contributed by atoms with E-state index in [-0.39, 0.29) is 40.5 Å². The highest BCUT2D eigenvalue weighted by Crippen LogP contribution is 2.18. The number of sulfone groups is 1. The van der Waals surface area contributed by atoms with Crippen LogP contribution in [0.3, 0.4) is 0 Å². The highest BCUT2D eigenvalue weighted by atomic mass is 32.2. The van der Waals surface area contributed by atoms with Gasteiger partial charge in [0, 0.05) is 39.1 Å². The van der Waals surface area contributed by atoms with Gasteiger partial charge in [0.05, 0.1) is 29.2 Å². The molecule has 2 amide bonds. The highest BCUT2D eigenvalue weighted by Gasteiger charge is 2.33. The fourth-order valence-electron chi connectivity index (χ4n) is 2.50. The molecule has 1 atom stereocenters. The molecule has 24 heavy (non-hydrogen) atoms. The summed E-state index contributed by atoms with van der Waals surface area (Å²) in [6.45, 7) is 0.740. The first-order valence-electron chi connectivity index (χ1n) is 7.54. The average molecular weight is 355 g/mol. The zero-order valence-electron chi connectivity index (χ0n) is 13.7.